The number of nitrogens with one attached hydrogen (secondary N) is 1. The van der Waals surface area contributed by atoms with Crippen molar-refractivity contribution in [2.24, 2.45) is 0 Å². The molecule has 0 spiro atoms. The van der Waals surface area contributed by atoms with Crippen molar-refractivity contribution in [3.8, 4) is 0 Å². The highest BCUT2D eigenvalue weighted by molar-refractivity contribution is 7.13. The average molecular weight is 447 g/mol. The van der Waals surface area contributed by atoms with Gasteiger partial charge in [0.2, 0.25) is 5.91 Å². The Kier molecular flexibility index (Phi) is 5.55. The van der Waals surface area contributed by atoms with Crippen LogP contribution >= 0.6 is 11.3 Å². The Morgan fingerprint density at radius 2 is 1.69 bits per heavy atom. The van der Waals surface area contributed by atoms with E-state index in [-0.39, 0.29) is 30.7 Å². The molecular weight excluding hydrogens is 424 g/mol. The monoisotopic (exact) mass is 446 g/mol. The highest BCUT2D eigenvalue weighted by Crippen LogP contribution is 2.24. The Morgan fingerprint density at radius 1 is 1.00 bits per heavy atom. The van der Waals surface area contributed by atoms with E-state index >= 15 is 0 Å². The lowest BCUT2D eigenvalue weighted by Crippen LogP contribution is -2.32. The van der Waals surface area contributed by atoms with Crippen LogP contribution in [0.2, 0.25) is 0 Å². The van der Waals surface area contributed by atoms with Crippen LogP contribution in [0.4, 0.5) is 5.13 Å². The number of anilines is 1. The summed E-state index contributed by atoms with van der Waals surface area (Å²) < 4.78 is 0. The topological polar surface area (TPSA) is 82.6 Å². The van der Waals surface area contributed by atoms with Gasteiger partial charge in [0.1, 0.15) is 0 Å². The number of amides is 3. The molecule has 0 unspecified atom stereocenters. The fourth-order valence-corrected chi connectivity index (χ4v) is 4.91. The van der Waals surface area contributed by atoms with E-state index in [4.69, 9.17) is 0 Å². The lowest BCUT2D eigenvalue weighted by Gasteiger charge is -2.27. The number of fused-ring (bicyclic) bond motifs is 2. The zero-order valence-electron chi connectivity index (χ0n) is 17.4. The predicted molar refractivity (Wildman–Crippen MR) is 121 cm³/mol. The lowest BCUT2D eigenvalue weighted by atomic mass is 10.00. The van der Waals surface area contributed by atoms with Gasteiger partial charge in [0.05, 0.1) is 16.8 Å². The van der Waals surface area contributed by atoms with Crippen LogP contribution in [0.3, 0.4) is 0 Å². The van der Waals surface area contributed by atoms with Gasteiger partial charge >= 0.3 is 0 Å². The predicted octanol–water partition coefficient (Wildman–Crippen LogP) is 3.33. The first kappa shape index (κ1) is 20.5. The molecule has 0 saturated heterocycles. The molecule has 5 rings (SSSR count). The molecule has 2 aliphatic rings. The van der Waals surface area contributed by atoms with Crippen LogP contribution < -0.4 is 5.32 Å². The van der Waals surface area contributed by atoms with E-state index in [1.807, 2.05) is 5.38 Å². The molecule has 0 bridgehead atoms. The van der Waals surface area contributed by atoms with Crippen LogP contribution in [-0.2, 0) is 24.3 Å². The van der Waals surface area contributed by atoms with E-state index < -0.39 is 0 Å². The Labute approximate surface area is 189 Å². The summed E-state index contributed by atoms with van der Waals surface area (Å²) in [4.78, 5) is 45.2. The molecule has 3 heterocycles. The standard InChI is InChI=1S/C24H22N4O3S/c29-21(10-12-28-22(30)19-7-3-4-8-20(19)23(28)31)26-24-25-18(15-32-24)14-27-11-9-16-5-1-2-6-17(16)13-27/h1-8,15H,9-14H2,(H,25,26,29). The maximum atomic E-state index is 12.4. The summed E-state index contributed by atoms with van der Waals surface area (Å²) in [5.74, 6) is -0.967. The van der Waals surface area contributed by atoms with E-state index in [0.717, 1.165) is 36.6 Å². The van der Waals surface area contributed by atoms with Crippen molar-refractivity contribution in [3.05, 3.63) is 81.9 Å². The lowest BCUT2D eigenvalue weighted by molar-refractivity contribution is -0.116. The van der Waals surface area contributed by atoms with Gasteiger partial charge in [-0.2, -0.15) is 0 Å². The maximum Gasteiger partial charge on any atom is 0.261 e. The minimum absolute atomic E-state index is 0.0310. The minimum atomic E-state index is -0.349. The van der Waals surface area contributed by atoms with Gasteiger partial charge in [0.15, 0.2) is 5.13 Å². The number of carbonyl (C=O) groups excluding carboxylic acids is 3. The molecule has 2 aliphatic heterocycles. The van der Waals surface area contributed by atoms with Crippen molar-refractivity contribution in [2.75, 3.05) is 18.4 Å². The van der Waals surface area contributed by atoms with Crippen LogP contribution in [0.5, 0.6) is 0 Å². The van der Waals surface area contributed by atoms with Gasteiger partial charge < -0.3 is 5.32 Å². The molecule has 162 valence electrons. The summed E-state index contributed by atoms with van der Waals surface area (Å²) in [5.41, 5.74) is 4.47. The average Bonchev–Trinajstić information content (AvgIpc) is 3.34. The second-order valence-corrected chi connectivity index (χ2v) is 8.84. The van der Waals surface area contributed by atoms with Gasteiger partial charge in [-0.3, -0.25) is 24.2 Å². The van der Waals surface area contributed by atoms with Crippen molar-refractivity contribution in [1.82, 2.24) is 14.8 Å². The summed E-state index contributed by atoms with van der Waals surface area (Å²) in [6, 6.07) is 15.2. The number of imide groups is 1. The highest BCUT2D eigenvalue weighted by Gasteiger charge is 2.35. The first-order chi connectivity index (χ1) is 15.6. The third-order valence-electron chi connectivity index (χ3n) is 5.83. The molecule has 0 saturated carbocycles. The molecule has 0 radical (unpaired) electrons. The Balaban J connectivity index is 1.13. The molecule has 0 aliphatic carbocycles. The molecule has 0 fully saturated rings. The van der Waals surface area contributed by atoms with Crippen molar-refractivity contribution in [3.63, 3.8) is 0 Å². The SMILES string of the molecule is O=C(CCN1C(=O)c2ccccc2C1=O)Nc1nc(CN2CCc3ccccc3C2)cs1. The molecule has 3 amide bonds. The van der Waals surface area contributed by atoms with Crippen LogP contribution in [0.15, 0.2) is 53.9 Å². The zero-order chi connectivity index (χ0) is 22.1. The normalized spacial score (nSPS) is 15.6. The van der Waals surface area contributed by atoms with Crippen molar-refractivity contribution in [1.29, 1.82) is 0 Å². The first-order valence-electron chi connectivity index (χ1n) is 10.6. The third kappa shape index (κ3) is 4.06. The van der Waals surface area contributed by atoms with Crippen molar-refractivity contribution >= 4 is 34.2 Å². The summed E-state index contributed by atoms with van der Waals surface area (Å²) >= 11 is 1.38. The second kappa shape index (κ2) is 8.64. The summed E-state index contributed by atoms with van der Waals surface area (Å²) in [6.45, 7) is 2.66. The van der Waals surface area contributed by atoms with E-state index in [9.17, 15) is 14.4 Å². The Morgan fingerprint density at radius 3 is 2.44 bits per heavy atom. The second-order valence-electron chi connectivity index (χ2n) is 7.98. The summed E-state index contributed by atoms with van der Waals surface area (Å²) in [7, 11) is 0. The molecule has 7 nitrogen and oxygen atoms in total. The number of hydrogen-bond acceptors (Lipinski definition) is 6. The van der Waals surface area contributed by atoms with Gasteiger partial charge in [-0.05, 0) is 29.7 Å². The largest absolute Gasteiger partial charge is 0.302 e. The zero-order valence-corrected chi connectivity index (χ0v) is 18.2. The van der Waals surface area contributed by atoms with Crippen LogP contribution in [0.1, 0.15) is 44.0 Å². The number of carbonyl (C=O) groups is 3. The van der Waals surface area contributed by atoms with Crippen LogP contribution in [0.25, 0.3) is 0 Å². The fraction of sp³-hybridized carbons (Fsp3) is 0.250. The van der Waals surface area contributed by atoms with Gasteiger partial charge in [0.25, 0.3) is 11.8 Å². The van der Waals surface area contributed by atoms with Gasteiger partial charge in [-0.15, -0.1) is 11.3 Å². The van der Waals surface area contributed by atoms with Crippen LogP contribution in [0, 0.1) is 0 Å². The molecule has 2 aromatic carbocycles. The number of rotatable bonds is 6. The van der Waals surface area contributed by atoms with Crippen LogP contribution in [-0.4, -0.2) is 45.6 Å². The molecule has 32 heavy (non-hydrogen) atoms. The van der Waals surface area contributed by atoms with E-state index in [2.05, 4.69) is 39.5 Å². The number of benzene rings is 2. The minimum Gasteiger partial charge on any atom is -0.302 e. The van der Waals surface area contributed by atoms with E-state index in [1.165, 1.54) is 22.5 Å². The molecule has 1 N–H and O–H groups in total. The Bertz CT molecular complexity index is 1170. The molecule has 1 aromatic heterocycles. The maximum absolute atomic E-state index is 12.4. The highest BCUT2D eigenvalue weighted by atomic mass is 32.1. The quantitative estimate of drug-likeness (QED) is 0.588. The van der Waals surface area contributed by atoms with Gasteiger partial charge in [0, 0.05) is 38.0 Å². The molecule has 3 aromatic rings. The smallest absolute Gasteiger partial charge is 0.261 e. The van der Waals surface area contributed by atoms with E-state index in [1.54, 1.807) is 24.3 Å². The molecular formula is C24H22N4O3S. The van der Waals surface area contributed by atoms with Gasteiger partial charge in [-0.25, -0.2) is 4.98 Å². The fourth-order valence-electron chi connectivity index (χ4n) is 4.19. The molecule has 0 atom stereocenters. The first-order valence-corrected chi connectivity index (χ1v) is 11.4. The Hall–Kier alpha value is -3.36. The third-order valence-corrected chi connectivity index (χ3v) is 6.64. The van der Waals surface area contributed by atoms with Crippen molar-refractivity contribution in [2.45, 2.75) is 25.9 Å². The molecule has 8 heteroatoms. The number of hydrogen-bond donors (Lipinski definition) is 1. The number of nitrogens with zero attached hydrogens (tertiary/aromatic N) is 3. The number of aromatic nitrogens is 1. The van der Waals surface area contributed by atoms with E-state index in [0.29, 0.717) is 16.3 Å². The number of thiazole rings is 1. The summed E-state index contributed by atoms with van der Waals surface area (Å²) in [6.07, 6.45) is 1.06. The van der Waals surface area contributed by atoms with Crippen molar-refractivity contribution < 1.29 is 14.4 Å². The van der Waals surface area contributed by atoms with Gasteiger partial charge in [-0.1, -0.05) is 36.4 Å². The summed E-state index contributed by atoms with van der Waals surface area (Å²) in [5, 5.41) is 5.28.